The van der Waals surface area contributed by atoms with Gasteiger partial charge in [0.15, 0.2) is 0 Å². The summed E-state index contributed by atoms with van der Waals surface area (Å²) in [7, 11) is 1.37. The lowest BCUT2D eigenvalue weighted by atomic mass is 10.1. The van der Waals surface area contributed by atoms with Crippen molar-refractivity contribution in [1.82, 2.24) is 20.1 Å². The maximum absolute atomic E-state index is 11.4. The van der Waals surface area contributed by atoms with Gasteiger partial charge in [-0.3, -0.25) is 0 Å². The molecular weight excluding hydrogens is 336 g/mol. The normalized spacial score (nSPS) is 10.6. The number of methoxy groups -OCH3 is 1. The predicted octanol–water partition coefficient (Wildman–Crippen LogP) is 2.14. The van der Waals surface area contributed by atoms with Crippen LogP contribution >= 0.6 is 15.9 Å². The van der Waals surface area contributed by atoms with Crippen molar-refractivity contribution in [3.05, 3.63) is 46.0 Å². The molecule has 0 atom stereocenters. The fraction of sp³-hybridized carbons (Fsp3) is 0.357. The van der Waals surface area contributed by atoms with E-state index in [1.54, 1.807) is 18.5 Å². The van der Waals surface area contributed by atoms with Crippen molar-refractivity contribution in [1.29, 1.82) is 0 Å². The summed E-state index contributed by atoms with van der Waals surface area (Å²) in [6, 6.07) is 5.41. The average Bonchev–Trinajstić information content (AvgIpc) is 2.95. The summed E-state index contributed by atoms with van der Waals surface area (Å²) < 4.78 is 7.55. The van der Waals surface area contributed by atoms with Crippen LogP contribution in [-0.4, -0.2) is 27.8 Å². The predicted molar refractivity (Wildman–Crippen MR) is 81.7 cm³/mol. The molecule has 2 aromatic rings. The smallest absolute Gasteiger partial charge is 0.337 e. The number of halogens is 1. The van der Waals surface area contributed by atoms with E-state index in [1.165, 1.54) is 7.11 Å². The number of nitrogens with one attached hydrogen (secondary N) is 1. The lowest BCUT2D eigenvalue weighted by Crippen LogP contribution is -2.17. The SMILES string of the molecule is CCn1cnnc1CNCc1ccc(C(=O)OC)cc1Br. The standard InChI is InChI=1S/C14H17BrN4O2/c1-3-19-9-17-18-13(19)8-16-7-11-5-4-10(6-12(11)15)14(20)21-2/h4-6,9,16H,3,7-8H2,1-2H3. The number of benzene rings is 1. The first-order valence-corrected chi connectivity index (χ1v) is 7.39. The van der Waals surface area contributed by atoms with Gasteiger partial charge in [-0.05, 0) is 24.6 Å². The van der Waals surface area contributed by atoms with Crippen LogP contribution in [0.5, 0.6) is 0 Å². The zero-order valence-corrected chi connectivity index (χ0v) is 13.6. The molecular formula is C14H17BrN4O2. The van der Waals surface area contributed by atoms with Gasteiger partial charge in [0.2, 0.25) is 0 Å². The number of nitrogens with zero attached hydrogens (tertiary/aromatic N) is 3. The molecule has 1 aromatic carbocycles. The zero-order chi connectivity index (χ0) is 15.2. The highest BCUT2D eigenvalue weighted by Gasteiger charge is 2.09. The van der Waals surface area contributed by atoms with E-state index in [0.29, 0.717) is 18.7 Å². The van der Waals surface area contributed by atoms with Gasteiger partial charge in [-0.25, -0.2) is 4.79 Å². The summed E-state index contributed by atoms with van der Waals surface area (Å²) in [5, 5.41) is 11.3. The van der Waals surface area contributed by atoms with Crippen molar-refractivity contribution in [2.75, 3.05) is 7.11 Å². The van der Waals surface area contributed by atoms with Crippen LogP contribution in [0.15, 0.2) is 29.0 Å². The molecule has 0 saturated carbocycles. The lowest BCUT2D eigenvalue weighted by Gasteiger charge is -2.08. The van der Waals surface area contributed by atoms with E-state index in [1.807, 2.05) is 10.6 Å². The van der Waals surface area contributed by atoms with Gasteiger partial charge < -0.3 is 14.6 Å². The molecule has 0 unspecified atom stereocenters. The molecule has 2 rings (SSSR count). The first-order valence-electron chi connectivity index (χ1n) is 6.59. The van der Waals surface area contributed by atoms with Gasteiger partial charge in [0, 0.05) is 17.6 Å². The number of esters is 1. The second-order valence-electron chi connectivity index (χ2n) is 4.43. The van der Waals surface area contributed by atoms with Crippen molar-refractivity contribution >= 4 is 21.9 Å². The third kappa shape index (κ3) is 3.89. The van der Waals surface area contributed by atoms with E-state index in [2.05, 4.69) is 38.4 Å². The third-order valence-corrected chi connectivity index (χ3v) is 3.85. The van der Waals surface area contributed by atoms with Crippen LogP contribution in [0.25, 0.3) is 0 Å². The molecule has 0 fully saturated rings. The van der Waals surface area contributed by atoms with Crippen LogP contribution in [0.2, 0.25) is 0 Å². The minimum atomic E-state index is -0.341. The molecule has 0 saturated heterocycles. The molecule has 21 heavy (non-hydrogen) atoms. The van der Waals surface area contributed by atoms with Crippen LogP contribution in [0.3, 0.4) is 0 Å². The summed E-state index contributed by atoms with van der Waals surface area (Å²) in [4.78, 5) is 11.4. The topological polar surface area (TPSA) is 69.0 Å². The number of carbonyl (C=O) groups excluding carboxylic acids is 1. The van der Waals surface area contributed by atoms with Gasteiger partial charge in [0.1, 0.15) is 12.2 Å². The Morgan fingerprint density at radius 2 is 2.24 bits per heavy atom. The van der Waals surface area contributed by atoms with Crippen molar-refractivity contribution < 1.29 is 9.53 Å². The molecule has 0 bridgehead atoms. The fourth-order valence-corrected chi connectivity index (χ4v) is 2.44. The number of ether oxygens (including phenoxy) is 1. The highest BCUT2D eigenvalue weighted by Crippen LogP contribution is 2.19. The van der Waals surface area contributed by atoms with Crippen molar-refractivity contribution in [2.24, 2.45) is 0 Å². The second-order valence-corrected chi connectivity index (χ2v) is 5.29. The molecule has 7 heteroatoms. The number of hydrogen-bond acceptors (Lipinski definition) is 5. The van der Waals surface area contributed by atoms with Crippen molar-refractivity contribution in [3.63, 3.8) is 0 Å². The van der Waals surface area contributed by atoms with Crippen LogP contribution < -0.4 is 5.32 Å². The zero-order valence-electron chi connectivity index (χ0n) is 12.0. The largest absolute Gasteiger partial charge is 0.465 e. The molecule has 6 nitrogen and oxygen atoms in total. The van der Waals surface area contributed by atoms with E-state index in [0.717, 1.165) is 22.4 Å². The Morgan fingerprint density at radius 1 is 1.43 bits per heavy atom. The molecule has 1 heterocycles. The Morgan fingerprint density at radius 3 is 2.90 bits per heavy atom. The Labute approximate surface area is 131 Å². The third-order valence-electron chi connectivity index (χ3n) is 3.11. The molecule has 0 amide bonds. The lowest BCUT2D eigenvalue weighted by molar-refractivity contribution is 0.0600. The summed E-state index contributed by atoms with van der Waals surface area (Å²) in [6.45, 7) is 4.20. The molecule has 0 spiro atoms. The average molecular weight is 353 g/mol. The fourth-order valence-electron chi connectivity index (χ4n) is 1.92. The first kappa shape index (κ1) is 15.7. The van der Waals surface area contributed by atoms with E-state index in [9.17, 15) is 4.79 Å². The first-order chi connectivity index (χ1) is 10.2. The maximum atomic E-state index is 11.4. The summed E-state index contributed by atoms with van der Waals surface area (Å²) in [6.07, 6.45) is 1.72. The Kier molecular flexibility index (Phi) is 5.46. The quantitative estimate of drug-likeness (QED) is 0.806. The molecule has 1 aromatic heterocycles. The Bertz CT molecular complexity index is 627. The van der Waals surface area contributed by atoms with E-state index in [-0.39, 0.29) is 5.97 Å². The second kappa shape index (κ2) is 7.33. The monoisotopic (exact) mass is 352 g/mol. The Hall–Kier alpha value is -1.73. The van der Waals surface area contributed by atoms with Gasteiger partial charge in [0.25, 0.3) is 0 Å². The van der Waals surface area contributed by atoms with Gasteiger partial charge in [-0.15, -0.1) is 10.2 Å². The number of rotatable bonds is 6. The van der Waals surface area contributed by atoms with Gasteiger partial charge >= 0.3 is 5.97 Å². The molecule has 112 valence electrons. The number of hydrogen-bond donors (Lipinski definition) is 1. The summed E-state index contributed by atoms with van der Waals surface area (Å²) in [5.41, 5.74) is 1.59. The minimum Gasteiger partial charge on any atom is -0.465 e. The number of aryl methyl sites for hydroxylation is 1. The maximum Gasteiger partial charge on any atom is 0.337 e. The Balaban J connectivity index is 1.96. The highest BCUT2D eigenvalue weighted by molar-refractivity contribution is 9.10. The van der Waals surface area contributed by atoms with Crippen LogP contribution in [-0.2, 0) is 24.4 Å². The van der Waals surface area contributed by atoms with E-state index >= 15 is 0 Å². The van der Waals surface area contributed by atoms with Gasteiger partial charge in [-0.1, -0.05) is 22.0 Å². The minimum absolute atomic E-state index is 0.341. The molecule has 1 N–H and O–H groups in total. The highest BCUT2D eigenvalue weighted by atomic mass is 79.9. The molecule has 0 aliphatic carbocycles. The summed E-state index contributed by atoms with van der Waals surface area (Å²) >= 11 is 3.47. The number of carbonyl (C=O) groups is 1. The van der Waals surface area contributed by atoms with Crippen LogP contribution in [0.1, 0.15) is 28.7 Å². The van der Waals surface area contributed by atoms with E-state index in [4.69, 9.17) is 4.74 Å². The van der Waals surface area contributed by atoms with Crippen molar-refractivity contribution in [2.45, 2.75) is 26.6 Å². The summed E-state index contributed by atoms with van der Waals surface area (Å²) in [5.74, 6) is 0.561. The van der Waals surface area contributed by atoms with E-state index < -0.39 is 0 Å². The molecule has 0 radical (unpaired) electrons. The number of aromatic nitrogens is 3. The molecule has 0 aliphatic heterocycles. The van der Waals surface area contributed by atoms with Crippen molar-refractivity contribution in [3.8, 4) is 0 Å². The van der Waals surface area contributed by atoms with Gasteiger partial charge in [-0.2, -0.15) is 0 Å². The van der Waals surface area contributed by atoms with Gasteiger partial charge in [0.05, 0.1) is 19.2 Å². The molecule has 0 aliphatic rings. The van der Waals surface area contributed by atoms with Crippen LogP contribution in [0.4, 0.5) is 0 Å². The van der Waals surface area contributed by atoms with Crippen LogP contribution in [0, 0.1) is 0 Å².